The summed E-state index contributed by atoms with van der Waals surface area (Å²) in [6, 6.07) is 8.24. The quantitative estimate of drug-likeness (QED) is 0.889. The fourth-order valence-corrected chi connectivity index (χ4v) is 3.80. The Bertz CT molecular complexity index is 800. The molecule has 2 aliphatic rings. The van der Waals surface area contributed by atoms with E-state index in [-0.39, 0.29) is 11.9 Å². The first-order valence-electron chi connectivity index (χ1n) is 9.43. The fourth-order valence-electron chi connectivity index (χ4n) is 3.80. The van der Waals surface area contributed by atoms with Gasteiger partial charge >= 0.3 is 0 Å². The lowest BCUT2D eigenvalue weighted by molar-refractivity contribution is 0.0921. The van der Waals surface area contributed by atoms with Crippen LogP contribution in [-0.4, -0.2) is 36.6 Å². The molecule has 2 N–H and O–H groups in total. The fraction of sp³-hybridized carbons (Fsp3) is 0.429. The first kappa shape index (κ1) is 17.0. The van der Waals surface area contributed by atoms with Gasteiger partial charge in [-0.25, -0.2) is 0 Å². The van der Waals surface area contributed by atoms with E-state index in [1.54, 1.807) is 6.20 Å². The predicted octanol–water partition coefficient (Wildman–Crippen LogP) is 2.80. The third-order valence-corrected chi connectivity index (χ3v) is 5.42. The number of rotatable bonds is 4. The van der Waals surface area contributed by atoms with E-state index in [0.29, 0.717) is 11.5 Å². The van der Waals surface area contributed by atoms with Gasteiger partial charge in [-0.1, -0.05) is 6.07 Å². The van der Waals surface area contributed by atoms with E-state index in [9.17, 15) is 4.79 Å². The normalized spacial score (nSPS) is 20.1. The number of fused-ring (bicyclic) bond motifs is 1. The molecule has 0 spiro atoms. The molecule has 5 nitrogen and oxygen atoms in total. The van der Waals surface area contributed by atoms with Gasteiger partial charge in [0.2, 0.25) is 0 Å². The van der Waals surface area contributed by atoms with Crippen LogP contribution in [0.25, 0.3) is 11.1 Å². The van der Waals surface area contributed by atoms with E-state index in [4.69, 9.17) is 4.74 Å². The van der Waals surface area contributed by atoms with Crippen molar-refractivity contribution in [3.05, 3.63) is 47.8 Å². The van der Waals surface area contributed by atoms with Crippen LogP contribution in [0.1, 0.15) is 35.7 Å². The zero-order valence-corrected chi connectivity index (χ0v) is 15.1. The van der Waals surface area contributed by atoms with Gasteiger partial charge in [0.1, 0.15) is 5.75 Å². The van der Waals surface area contributed by atoms with Crippen molar-refractivity contribution >= 4 is 5.91 Å². The molecule has 0 saturated carbocycles. The molecule has 0 bridgehead atoms. The molecular weight excluding hydrogens is 326 g/mol. The van der Waals surface area contributed by atoms with Crippen LogP contribution in [0.15, 0.2) is 36.7 Å². The smallest absolute Gasteiger partial charge is 0.253 e. The van der Waals surface area contributed by atoms with Crippen LogP contribution < -0.4 is 15.4 Å². The summed E-state index contributed by atoms with van der Waals surface area (Å²) in [5.74, 6) is 1.40. The van der Waals surface area contributed by atoms with Crippen LogP contribution in [0.3, 0.4) is 0 Å². The number of pyridine rings is 1. The number of hydrogen-bond acceptors (Lipinski definition) is 4. The highest BCUT2D eigenvalue weighted by atomic mass is 16.5. The van der Waals surface area contributed by atoms with E-state index in [2.05, 4.69) is 28.6 Å². The Kier molecular flexibility index (Phi) is 4.89. The molecule has 26 heavy (non-hydrogen) atoms. The highest BCUT2D eigenvalue weighted by Crippen LogP contribution is 2.30. The second-order valence-electron chi connectivity index (χ2n) is 7.25. The minimum Gasteiger partial charge on any atom is -0.493 e. The zero-order valence-electron chi connectivity index (χ0n) is 15.1. The van der Waals surface area contributed by atoms with Crippen LogP contribution in [0.2, 0.25) is 0 Å². The van der Waals surface area contributed by atoms with Crippen molar-refractivity contribution in [3.8, 4) is 16.9 Å². The average Bonchev–Trinajstić information content (AvgIpc) is 3.16. The summed E-state index contributed by atoms with van der Waals surface area (Å²) in [4.78, 5) is 17.0. The number of amides is 1. The minimum atomic E-state index is -0.0538. The van der Waals surface area contributed by atoms with Crippen molar-refractivity contribution in [3.63, 3.8) is 0 Å². The number of benzene rings is 1. The molecule has 2 aliphatic heterocycles. The lowest BCUT2D eigenvalue weighted by atomic mass is 9.92. The molecule has 2 aromatic rings. The molecule has 0 radical (unpaired) electrons. The SMILES string of the molecule is CC(NC(=O)c1cncc(-c2ccc3c(c2)CCO3)c1)C1CCCNC1. The highest BCUT2D eigenvalue weighted by molar-refractivity contribution is 5.95. The Morgan fingerprint density at radius 3 is 3.08 bits per heavy atom. The van der Waals surface area contributed by atoms with Crippen molar-refractivity contribution < 1.29 is 9.53 Å². The molecular formula is C21H25N3O2. The Labute approximate surface area is 154 Å². The van der Waals surface area contributed by atoms with Gasteiger partial charge in [0.25, 0.3) is 5.91 Å². The maximum atomic E-state index is 12.7. The van der Waals surface area contributed by atoms with Crippen molar-refractivity contribution in [1.82, 2.24) is 15.6 Å². The van der Waals surface area contributed by atoms with Crippen LogP contribution in [0.5, 0.6) is 5.75 Å². The summed E-state index contributed by atoms with van der Waals surface area (Å²) in [5.41, 5.74) is 3.85. The predicted molar refractivity (Wildman–Crippen MR) is 101 cm³/mol. The summed E-state index contributed by atoms with van der Waals surface area (Å²) in [5, 5.41) is 6.55. The lowest BCUT2D eigenvalue weighted by Crippen LogP contribution is -2.44. The standard InChI is InChI=1S/C21H25N3O2/c1-14(17-3-2-7-22-11-17)24-21(25)19-10-18(12-23-13-19)15-4-5-20-16(9-15)6-8-26-20/h4-5,9-10,12-14,17,22H,2-3,6-8,11H2,1H3,(H,24,25). The largest absolute Gasteiger partial charge is 0.493 e. The molecule has 2 atom stereocenters. The van der Waals surface area contributed by atoms with E-state index in [1.807, 2.05) is 24.4 Å². The molecule has 1 amide bonds. The molecule has 1 aromatic carbocycles. The molecule has 1 aromatic heterocycles. The molecule has 4 rings (SSSR count). The number of hydrogen-bond donors (Lipinski definition) is 2. The Balaban J connectivity index is 1.49. The topological polar surface area (TPSA) is 63.2 Å². The van der Waals surface area contributed by atoms with Crippen molar-refractivity contribution in [2.75, 3.05) is 19.7 Å². The zero-order chi connectivity index (χ0) is 17.9. The lowest BCUT2D eigenvalue weighted by Gasteiger charge is -2.28. The molecule has 2 unspecified atom stereocenters. The van der Waals surface area contributed by atoms with Gasteiger partial charge in [-0.2, -0.15) is 0 Å². The third kappa shape index (κ3) is 3.58. The minimum absolute atomic E-state index is 0.0538. The second-order valence-corrected chi connectivity index (χ2v) is 7.25. The van der Waals surface area contributed by atoms with Gasteiger partial charge in [-0.15, -0.1) is 0 Å². The Hall–Kier alpha value is -2.40. The number of carbonyl (C=O) groups excluding carboxylic acids is 1. The van der Waals surface area contributed by atoms with E-state index in [0.717, 1.165) is 49.4 Å². The van der Waals surface area contributed by atoms with Crippen LogP contribution >= 0.6 is 0 Å². The molecule has 0 aliphatic carbocycles. The second kappa shape index (κ2) is 7.46. The Morgan fingerprint density at radius 2 is 2.23 bits per heavy atom. The first-order valence-corrected chi connectivity index (χ1v) is 9.43. The van der Waals surface area contributed by atoms with Crippen molar-refractivity contribution in [2.24, 2.45) is 5.92 Å². The summed E-state index contributed by atoms with van der Waals surface area (Å²) in [6.07, 6.45) is 6.71. The van der Waals surface area contributed by atoms with Crippen molar-refractivity contribution in [1.29, 1.82) is 0 Å². The maximum absolute atomic E-state index is 12.7. The van der Waals surface area contributed by atoms with E-state index >= 15 is 0 Å². The van der Waals surface area contributed by atoms with E-state index < -0.39 is 0 Å². The van der Waals surface area contributed by atoms with Gasteiger partial charge < -0.3 is 15.4 Å². The van der Waals surface area contributed by atoms with Gasteiger partial charge in [-0.3, -0.25) is 9.78 Å². The number of aromatic nitrogens is 1. The number of ether oxygens (including phenoxy) is 1. The molecule has 136 valence electrons. The Morgan fingerprint density at radius 1 is 1.31 bits per heavy atom. The molecule has 1 fully saturated rings. The summed E-state index contributed by atoms with van der Waals surface area (Å²) >= 11 is 0. The summed E-state index contributed by atoms with van der Waals surface area (Å²) < 4.78 is 5.57. The van der Waals surface area contributed by atoms with E-state index in [1.165, 1.54) is 12.0 Å². The number of carbonyl (C=O) groups is 1. The average molecular weight is 351 g/mol. The van der Waals surface area contributed by atoms with Gasteiger partial charge in [0.15, 0.2) is 0 Å². The van der Waals surface area contributed by atoms with Gasteiger partial charge in [0.05, 0.1) is 12.2 Å². The first-order chi connectivity index (χ1) is 12.7. The summed E-state index contributed by atoms with van der Waals surface area (Å²) in [7, 11) is 0. The highest BCUT2D eigenvalue weighted by Gasteiger charge is 2.22. The van der Waals surface area contributed by atoms with Crippen LogP contribution in [0.4, 0.5) is 0 Å². The monoisotopic (exact) mass is 351 g/mol. The molecule has 1 saturated heterocycles. The molecule has 5 heteroatoms. The van der Waals surface area contributed by atoms with Crippen molar-refractivity contribution in [2.45, 2.75) is 32.2 Å². The third-order valence-electron chi connectivity index (χ3n) is 5.42. The van der Waals surface area contributed by atoms with Gasteiger partial charge in [0, 0.05) is 30.4 Å². The maximum Gasteiger partial charge on any atom is 0.253 e. The van der Waals surface area contributed by atoms with Crippen LogP contribution in [-0.2, 0) is 6.42 Å². The number of nitrogens with zero attached hydrogens (tertiary/aromatic N) is 1. The molecule has 3 heterocycles. The van der Waals surface area contributed by atoms with Crippen LogP contribution in [0, 0.1) is 5.92 Å². The summed E-state index contributed by atoms with van der Waals surface area (Å²) in [6.45, 7) is 4.88. The number of piperidine rings is 1. The number of nitrogens with one attached hydrogen (secondary N) is 2. The van der Waals surface area contributed by atoms with Gasteiger partial charge in [-0.05, 0) is 68.1 Å².